The zero-order valence-electron chi connectivity index (χ0n) is 17.0. The number of benzene rings is 2. The fourth-order valence-electron chi connectivity index (χ4n) is 2.91. The Bertz CT molecular complexity index is 806. The quantitative estimate of drug-likeness (QED) is 0.515. The second kappa shape index (κ2) is 9.36. The molecular formula is C24H30O2S. The van der Waals surface area contributed by atoms with Crippen LogP contribution in [0.3, 0.4) is 0 Å². The lowest BCUT2D eigenvalue weighted by molar-refractivity contribution is -0.123. The topological polar surface area (TPSA) is 34.1 Å². The summed E-state index contributed by atoms with van der Waals surface area (Å²) in [6.45, 7) is 9.93. The molecule has 0 N–H and O–H groups in total. The number of thioether (sulfide) groups is 1. The maximum absolute atomic E-state index is 13.0. The molecule has 0 radical (unpaired) electrons. The minimum atomic E-state index is -0.540. The fraction of sp³-hybridized carbons (Fsp3) is 0.417. The summed E-state index contributed by atoms with van der Waals surface area (Å²) < 4.78 is 0. The lowest BCUT2D eigenvalue weighted by Crippen LogP contribution is -2.29. The van der Waals surface area contributed by atoms with Crippen LogP contribution in [-0.2, 0) is 21.4 Å². The Balaban J connectivity index is 2.06. The first kappa shape index (κ1) is 21.4. The van der Waals surface area contributed by atoms with Gasteiger partial charge in [-0.1, -0.05) is 50.2 Å². The average molecular weight is 383 g/mol. The molecule has 0 aromatic heterocycles. The number of carbonyl (C=O) groups is 2. The van der Waals surface area contributed by atoms with Crippen molar-refractivity contribution in [2.45, 2.75) is 57.8 Å². The van der Waals surface area contributed by atoms with Crippen molar-refractivity contribution in [2.24, 2.45) is 5.92 Å². The summed E-state index contributed by atoms with van der Waals surface area (Å²) in [5, 5.41) is 0. The number of rotatable bonds is 9. The molecule has 27 heavy (non-hydrogen) atoms. The number of hydrogen-bond acceptors (Lipinski definition) is 3. The van der Waals surface area contributed by atoms with Crippen molar-refractivity contribution in [1.29, 1.82) is 0 Å². The van der Waals surface area contributed by atoms with Crippen LogP contribution < -0.4 is 0 Å². The summed E-state index contributed by atoms with van der Waals surface area (Å²) in [4.78, 5) is 25.9. The van der Waals surface area contributed by atoms with Crippen molar-refractivity contribution < 1.29 is 9.59 Å². The van der Waals surface area contributed by atoms with Gasteiger partial charge in [-0.15, -0.1) is 11.8 Å². The lowest BCUT2D eigenvalue weighted by Gasteiger charge is -2.24. The lowest BCUT2D eigenvalue weighted by atomic mass is 9.78. The highest BCUT2D eigenvalue weighted by Crippen LogP contribution is 2.30. The summed E-state index contributed by atoms with van der Waals surface area (Å²) >= 11 is 1.55. The van der Waals surface area contributed by atoms with Crippen LogP contribution in [0, 0.1) is 12.8 Å². The van der Waals surface area contributed by atoms with Gasteiger partial charge >= 0.3 is 0 Å². The van der Waals surface area contributed by atoms with Gasteiger partial charge in [-0.25, -0.2) is 0 Å². The van der Waals surface area contributed by atoms with E-state index in [1.54, 1.807) is 11.8 Å². The molecule has 144 valence electrons. The highest BCUT2D eigenvalue weighted by molar-refractivity contribution is 8.00. The van der Waals surface area contributed by atoms with E-state index in [9.17, 15) is 9.59 Å². The second-order valence-corrected chi connectivity index (χ2v) is 8.96. The number of hydrogen-bond donors (Lipinski definition) is 0. The van der Waals surface area contributed by atoms with Gasteiger partial charge in [-0.05, 0) is 56.0 Å². The normalized spacial score (nSPS) is 11.6. The molecule has 0 bridgehead atoms. The molecule has 0 amide bonds. The average Bonchev–Trinajstić information content (AvgIpc) is 2.65. The van der Waals surface area contributed by atoms with E-state index < -0.39 is 5.41 Å². The van der Waals surface area contributed by atoms with Gasteiger partial charge in [-0.3, -0.25) is 9.59 Å². The van der Waals surface area contributed by atoms with Crippen molar-refractivity contribution in [3.05, 3.63) is 65.2 Å². The molecule has 0 fully saturated rings. The van der Waals surface area contributed by atoms with E-state index in [2.05, 4.69) is 25.1 Å². The molecule has 2 aromatic rings. The second-order valence-electron chi connectivity index (χ2n) is 7.91. The van der Waals surface area contributed by atoms with Crippen LogP contribution in [0.25, 0.3) is 0 Å². The third kappa shape index (κ3) is 5.80. The maximum atomic E-state index is 13.0. The first-order valence-corrected chi connectivity index (χ1v) is 10.5. The molecular weight excluding hydrogens is 352 g/mol. The largest absolute Gasteiger partial charge is 0.299 e. The van der Waals surface area contributed by atoms with E-state index in [0.717, 1.165) is 16.9 Å². The van der Waals surface area contributed by atoms with Gasteiger partial charge in [0.2, 0.25) is 0 Å². The highest BCUT2D eigenvalue weighted by Gasteiger charge is 2.29. The Labute approximate surface area is 167 Å². The molecule has 0 aliphatic carbocycles. The summed E-state index contributed by atoms with van der Waals surface area (Å²) in [5.41, 5.74) is 2.94. The Morgan fingerprint density at radius 2 is 1.74 bits per heavy atom. The van der Waals surface area contributed by atoms with Crippen LogP contribution in [0.2, 0.25) is 0 Å². The fourth-order valence-corrected chi connectivity index (χ4v) is 3.94. The van der Waals surface area contributed by atoms with E-state index >= 15 is 0 Å². The zero-order valence-corrected chi connectivity index (χ0v) is 17.9. The monoisotopic (exact) mass is 382 g/mol. The summed E-state index contributed by atoms with van der Waals surface area (Å²) in [6, 6.07) is 16.3. The molecule has 0 aliphatic heterocycles. The molecule has 0 unspecified atom stereocenters. The standard InChI is InChI=1S/C24H30O2S/c1-17(2)22(25)16-27-21-12-8-11-20(15-21)24(4,5)23(26)14-13-19-10-7-6-9-18(19)3/h6-12,15,17H,13-14,16H2,1-5H3. The molecule has 2 nitrogen and oxygen atoms in total. The molecule has 0 aliphatic rings. The minimum absolute atomic E-state index is 0.0557. The van der Waals surface area contributed by atoms with Gasteiger partial charge in [0.25, 0.3) is 0 Å². The van der Waals surface area contributed by atoms with Crippen molar-refractivity contribution in [1.82, 2.24) is 0 Å². The van der Waals surface area contributed by atoms with Crippen molar-refractivity contribution in [2.75, 3.05) is 5.75 Å². The molecule has 3 heteroatoms. The number of aryl methyl sites for hydroxylation is 2. The van der Waals surface area contributed by atoms with Crippen LogP contribution in [0.15, 0.2) is 53.4 Å². The number of carbonyl (C=O) groups excluding carboxylic acids is 2. The van der Waals surface area contributed by atoms with E-state index in [0.29, 0.717) is 12.2 Å². The molecule has 0 heterocycles. The van der Waals surface area contributed by atoms with Crippen molar-refractivity contribution >= 4 is 23.3 Å². The Morgan fingerprint density at radius 1 is 1.04 bits per heavy atom. The third-order valence-corrected chi connectivity index (χ3v) is 6.18. The SMILES string of the molecule is Cc1ccccc1CCC(=O)C(C)(C)c1cccc(SCC(=O)C(C)C)c1. The Hall–Kier alpha value is -1.87. The predicted molar refractivity (Wildman–Crippen MR) is 115 cm³/mol. The van der Waals surface area contributed by atoms with E-state index in [1.165, 1.54) is 11.1 Å². The number of ketones is 2. The number of Topliss-reactive ketones (excluding diaryl/α,β-unsaturated/α-hetero) is 2. The first-order valence-electron chi connectivity index (χ1n) is 9.55. The first-order chi connectivity index (χ1) is 12.7. The maximum Gasteiger partial charge on any atom is 0.145 e. The summed E-state index contributed by atoms with van der Waals surface area (Å²) in [7, 11) is 0. The summed E-state index contributed by atoms with van der Waals surface area (Å²) in [5.74, 6) is 1.02. The van der Waals surface area contributed by atoms with Crippen LogP contribution >= 0.6 is 11.8 Å². The van der Waals surface area contributed by atoms with Gasteiger partial charge in [-0.2, -0.15) is 0 Å². The van der Waals surface area contributed by atoms with Gasteiger partial charge in [0, 0.05) is 22.6 Å². The Kier molecular flexibility index (Phi) is 7.43. The van der Waals surface area contributed by atoms with E-state index in [1.807, 2.05) is 58.0 Å². The van der Waals surface area contributed by atoms with Gasteiger partial charge in [0.15, 0.2) is 0 Å². The van der Waals surface area contributed by atoms with Crippen molar-refractivity contribution in [3.8, 4) is 0 Å². The smallest absolute Gasteiger partial charge is 0.145 e. The van der Waals surface area contributed by atoms with E-state index in [-0.39, 0.29) is 17.5 Å². The van der Waals surface area contributed by atoms with Crippen molar-refractivity contribution in [3.63, 3.8) is 0 Å². The molecule has 0 atom stereocenters. The highest BCUT2D eigenvalue weighted by atomic mass is 32.2. The van der Waals surface area contributed by atoms with Crippen LogP contribution in [0.5, 0.6) is 0 Å². The molecule has 0 spiro atoms. The van der Waals surface area contributed by atoms with Gasteiger partial charge in [0.1, 0.15) is 11.6 Å². The van der Waals surface area contributed by atoms with Gasteiger partial charge in [0.05, 0.1) is 5.75 Å². The van der Waals surface area contributed by atoms with Crippen LogP contribution in [0.1, 0.15) is 50.8 Å². The zero-order chi connectivity index (χ0) is 20.0. The van der Waals surface area contributed by atoms with E-state index in [4.69, 9.17) is 0 Å². The van der Waals surface area contributed by atoms with Crippen LogP contribution in [-0.4, -0.2) is 17.3 Å². The molecule has 2 aromatic carbocycles. The van der Waals surface area contributed by atoms with Gasteiger partial charge < -0.3 is 0 Å². The molecule has 0 saturated carbocycles. The summed E-state index contributed by atoms with van der Waals surface area (Å²) in [6.07, 6.45) is 1.30. The van der Waals surface area contributed by atoms with Crippen LogP contribution in [0.4, 0.5) is 0 Å². The molecule has 2 rings (SSSR count). The molecule has 0 saturated heterocycles. The third-order valence-electron chi connectivity index (χ3n) is 5.16. The predicted octanol–water partition coefficient (Wildman–Crippen LogP) is 5.79. The minimum Gasteiger partial charge on any atom is -0.299 e. The Morgan fingerprint density at radius 3 is 2.41 bits per heavy atom.